The number of aryl methyl sites for hydroxylation is 1. The minimum absolute atomic E-state index is 0.257. The van der Waals surface area contributed by atoms with E-state index in [1.165, 1.54) is 22.0 Å². The lowest BCUT2D eigenvalue weighted by molar-refractivity contribution is 0.0502. The van der Waals surface area contributed by atoms with E-state index in [0.717, 1.165) is 39.1 Å². The average molecular weight is 370 g/mol. The molecule has 1 aliphatic heterocycles. The Labute approximate surface area is 159 Å². The van der Waals surface area contributed by atoms with E-state index < -0.39 is 0 Å². The number of para-hydroxylation sites is 1. The molecule has 1 fully saturated rings. The molecular formula is C21H27N3OS. The van der Waals surface area contributed by atoms with Crippen LogP contribution in [-0.2, 0) is 20.1 Å². The fourth-order valence-corrected chi connectivity index (χ4v) is 4.80. The first-order valence-electron chi connectivity index (χ1n) is 9.36. The SMILES string of the molecule is Cn1cc(CN2CCN(Cc3ccsc3)[C@@H](CCO)C2)c2ccccc21. The summed E-state index contributed by atoms with van der Waals surface area (Å²) in [5.74, 6) is 0. The summed E-state index contributed by atoms with van der Waals surface area (Å²) in [6.07, 6.45) is 3.11. The third-order valence-corrected chi connectivity index (χ3v) is 6.22. The number of rotatable bonds is 6. The second-order valence-electron chi connectivity index (χ2n) is 7.29. The Balaban J connectivity index is 1.46. The van der Waals surface area contributed by atoms with Gasteiger partial charge in [0.1, 0.15) is 0 Å². The van der Waals surface area contributed by atoms with Crippen molar-refractivity contribution in [3.8, 4) is 0 Å². The molecule has 1 atom stereocenters. The largest absolute Gasteiger partial charge is 0.396 e. The number of aromatic nitrogens is 1. The standard InChI is InChI=1S/C21H27N3OS/c1-22-13-18(20-4-2-3-5-21(20)22)14-23-8-9-24(19(15-23)6-10-25)12-17-7-11-26-16-17/h2-5,7,11,13,16,19,25H,6,8-10,12,14-15H2,1H3/t19-/m0/s1. The number of hydrogen-bond acceptors (Lipinski definition) is 4. The molecule has 0 amide bonds. The molecule has 26 heavy (non-hydrogen) atoms. The maximum absolute atomic E-state index is 9.54. The first kappa shape index (κ1) is 17.7. The molecule has 3 aromatic rings. The van der Waals surface area contributed by atoms with Crippen molar-refractivity contribution in [2.24, 2.45) is 7.05 Å². The Morgan fingerprint density at radius 1 is 1.15 bits per heavy atom. The lowest BCUT2D eigenvalue weighted by atomic mass is 10.1. The zero-order chi connectivity index (χ0) is 17.9. The predicted molar refractivity (Wildman–Crippen MR) is 108 cm³/mol. The van der Waals surface area contributed by atoms with Crippen LogP contribution in [0.1, 0.15) is 17.5 Å². The van der Waals surface area contributed by atoms with Gasteiger partial charge in [-0.15, -0.1) is 0 Å². The quantitative estimate of drug-likeness (QED) is 0.723. The number of aliphatic hydroxyl groups excluding tert-OH is 1. The zero-order valence-electron chi connectivity index (χ0n) is 15.3. The third-order valence-electron chi connectivity index (χ3n) is 5.49. The van der Waals surface area contributed by atoms with Gasteiger partial charge in [-0.25, -0.2) is 0 Å². The number of benzene rings is 1. The normalized spacial score (nSPS) is 19.4. The number of aliphatic hydroxyl groups is 1. The molecule has 0 saturated carbocycles. The van der Waals surface area contributed by atoms with Crippen molar-refractivity contribution in [3.05, 3.63) is 58.4 Å². The van der Waals surface area contributed by atoms with Gasteiger partial charge in [-0.3, -0.25) is 9.80 Å². The van der Waals surface area contributed by atoms with Gasteiger partial charge < -0.3 is 9.67 Å². The Morgan fingerprint density at radius 2 is 2.04 bits per heavy atom. The minimum Gasteiger partial charge on any atom is -0.396 e. The van der Waals surface area contributed by atoms with E-state index in [-0.39, 0.29) is 6.61 Å². The van der Waals surface area contributed by atoms with Crippen molar-refractivity contribution in [1.29, 1.82) is 0 Å². The topological polar surface area (TPSA) is 31.6 Å². The van der Waals surface area contributed by atoms with E-state index in [2.05, 4.69) is 68.7 Å². The number of hydrogen-bond donors (Lipinski definition) is 1. The molecule has 1 aliphatic rings. The van der Waals surface area contributed by atoms with Gasteiger partial charge in [0.2, 0.25) is 0 Å². The molecule has 0 radical (unpaired) electrons. The first-order valence-corrected chi connectivity index (χ1v) is 10.3. The zero-order valence-corrected chi connectivity index (χ0v) is 16.2. The number of nitrogens with zero attached hydrogens (tertiary/aromatic N) is 3. The summed E-state index contributed by atoms with van der Waals surface area (Å²) in [5.41, 5.74) is 4.09. The lowest BCUT2D eigenvalue weighted by Gasteiger charge is -2.41. The minimum atomic E-state index is 0.257. The summed E-state index contributed by atoms with van der Waals surface area (Å²) >= 11 is 1.76. The molecule has 5 heteroatoms. The van der Waals surface area contributed by atoms with Crippen molar-refractivity contribution in [2.45, 2.75) is 25.6 Å². The van der Waals surface area contributed by atoms with Crippen molar-refractivity contribution >= 4 is 22.2 Å². The molecule has 138 valence electrons. The highest BCUT2D eigenvalue weighted by Crippen LogP contribution is 2.24. The fraction of sp³-hybridized carbons (Fsp3) is 0.429. The van der Waals surface area contributed by atoms with Gasteiger partial charge in [0.15, 0.2) is 0 Å². The molecule has 3 heterocycles. The van der Waals surface area contributed by atoms with Crippen LogP contribution in [0.4, 0.5) is 0 Å². The Hall–Kier alpha value is -1.66. The van der Waals surface area contributed by atoms with Crippen LogP contribution >= 0.6 is 11.3 Å². The van der Waals surface area contributed by atoms with Gasteiger partial charge in [-0.2, -0.15) is 11.3 Å². The number of piperazine rings is 1. The highest BCUT2D eigenvalue weighted by Gasteiger charge is 2.27. The fourth-order valence-electron chi connectivity index (χ4n) is 4.14. The lowest BCUT2D eigenvalue weighted by Crippen LogP contribution is -2.52. The van der Waals surface area contributed by atoms with Crippen molar-refractivity contribution in [1.82, 2.24) is 14.4 Å². The van der Waals surface area contributed by atoms with E-state index in [9.17, 15) is 5.11 Å². The van der Waals surface area contributed by atoms with Crippen LogP contribution in [0.15, 0.2) is 47.3 Å². The monoisotopic (exact) mass is 369 g/mol. The number of fused-ring (bicyclic) bond motifs is 1. The van der Waals surface area contributed by atoms with Crippen LogP contribution in [0.5, 0.6) is 0 Å². The summed E-state index contributed by atoms with van der Waals surface area (Å²) in [5, 5.41) is 15.3. The molecule has 0 spiro atoms. The highest BCUT2D eigenvalue weighted by molar-refractivity contribution is 7.07. The molecule has 2 aromatic heterocycles. The van der Waals surface area contributed by atoms with E-state index in [1.54, 1.807) is 11.3 Å². The van der Waals surface area contributed by atoms with E-state index >= 15 is 0 Å². The molecule has 1 saturated heterocycles. The van der Waals surface area contributed by atoms with Crippen LogP contribution in [-0.4, -0.2) is 51.8 Å². The Morgan fingerprint density at radius 3 is 2.85 bits per heavy atom. The number of thiophene rings is 1. The smallest absolute Gasteiger partial charge is 0.0481 e. The predicted octanol–water partition coefficient (Wildman–Crippen LogP) is 3.31. The molecule has 1 N–H and O–H groups in total. The Kier molecular flexibility index (Phi) is 5.41. The van der Waals surface area contributed by atoms with Crippen LogP contribution in [0.3, 0.4) is 0 Å². The molecular weight excluding hydrogens is 342 g/mol. The molecule has 1 aromatic carbocycles. The average Bonchev–Trinajstić information content (AvgIpc) is 3.26. The summed E-state index contributed by atoms with van der Waals surface area (Å²) in [6.45, 7) is 5.40. The van der Waals surface area contributed by atoms with Crippen molar-refractivity contribution < 1.29 is 5.11 Å². The summed E-state index contributed by atoms with van der Waals surface area (Å²) in [4.78, 5) is 5.09. The summed E-state index contributed by atoms with van der Waals surface area (Å²) in [6, 6.07) is 11.3. The van der Waals surface area contributed by atoms with E-state index in [4.69, 9.17) is 0 Å². The van der Waals surface area contributed by atoms with Crippen LogP contribution < -0.4 is 0 Å². The van der Waals surface area contributed by atoms with Crippen LogP contribution in [0, 0.1) is 0 Å². The van der Waals surface area contributed by atoms with Gasteiger partial charge in [0.05, 0.1) is 0 Å². The van der Waals surface area contributed by atoms with Crippen molar-refractivity contribution in [2.75, 3.05) is 26.2 Å². The molecule has 0 unspecified atom stereocenters. The van der Waals surface area contributed by atoms with E-state index in [1.807, 2.05) is 0 Å². The van der Waals surface area contributed by atoms with Crippen LogP contribution in [0.25, 0.3) is 10.9 Å². The van der Waals surface area contributed by atoms with Gasteiger partial charge in [0.25, 0.3) is 0 Å². The van der Waals surface area contributed by atoms with Crippen molar-refractivity contribution in [3.63, 3.8) is 0 Å². The second kappa shape index (κ2) is 7.92. The summed E-state index contributed by atoms with van der Waals surface area (Å²) < 4.78 is 2.22. The maximum atomic E-state index is 9.54. The highest BCUT2D eigenvalue weighted by atomic mass is 32.1. The molecule has 0 aliphatic carbocycles. The van der Waals surface area contributed by atoms with Gasteiger partial charge in [-0.1, -0.05) is 18.2 Å². The molecule has 4 nitrogen and oxygen atoms in total. The van der Waals surface area contributed by atoms with Gasteiger partial charge in [-0.05, 0) is 40.4 Å². The van der Waals surface area contributed by atoms with Gasteiger partial charge in [0, 0.05) is 69.5 Å². The van der Waals surface area contributed by atoms with Gasteiger partial charge >= 0.3 is 0 Å². The third kappa shape index (κ3) is 3.71. The Bertz CT molecular complexity index is 842. The van der Waals surface area contributed by atoms with E-state index in [0.29, 0.717) is 6.04 Å². The first-order chi connectivity index (χ1) is 12.7. The molecule has 4 rings (SSSR count). The summed E-state index contributed by atoms with van der Waals surface area (Å²) in [7, 11) is 2.12. The second-order valence-corrected chi connectivity index (χ2v) is 8.07. The maximum Gasteiger partial charge on any atom is 0.0481 e. The molecule has 0 bridgehead atoms. The van der Waals surface area contributed by atoms with Crippen LogP contribution in [0.2, 0.25) is 0 Å².